The zero-order valence-electron chi connectivity index (χ0n) is 12.6. The van der Waals surface area contributed by atoms with E-state index < -0.39 is 10.2 Å². The van der Waals surface area contributed by atoms with Crippen molar-refractivity contribution in [3.8, 4) is 0 Å². The normalized spacial score (nSPS) is 12.5. The van der Waals surface area contributed by atoms with Crippen molar-refractivity contribution in [2.75, 3.05) is 18.8 Å². The van der Waals surface area contributed by atoms with Crippen molar-refractivity contribution in [3.63, 3.8) is 0 Å². The molecule has 0 unspecified atom stereocenters. The van der Waals surface area contributed by atoms with E-state index in [0.717, 1.165) is 16.8 Å². The van der Waals surface area contributed by atoms with Crippen LogP contribution in [0.1, 0.15) is 50.7 Å². The quantitative estimate of drug-likeness (QED) is 0.903. The van der Waals surface area contributed by atoms with Gasteiger partial charge in [0.05, 0.1) is 5.69 Å². The molecule has 1 N–H and O–H groups in total. The van der Waals surface area contributed by atoms with Crippen LogP contribution in [0.3, 0.4) is 0 Å². The number of hydrogen-bond acceptors (Lipinski definition) is 2. The summed E-state index contributed by atoms with van der Waals surface area (Å²) in [6.07, 6.45) is 0. The van der Waals surface area contributed by atoms with Crippen molar-refractivity contribution in [3.05, 3.63) is 29.3 Å². The van der Waals surface area contributed by atoms with Gasteiger partial charge in [-0.1, -0.05) is 45.9 Å². The lowest BCUT2D eigenvalue weighted by atomic mass is 9.93. The van der Waals surface area contributed by atoms with Gasteiger partial charge in [-0.15, -0.1) is 0 Å². The average Bonchev–Trinajstić information content (AvgIpc) is 2.27. The van der Waals surface area contributed by atoms with Crippen LogP contribution in [0.15, 0.2) is 18.2 Å². The molecule has 19 heavy (non-hydrogen) atoms. The summed E-state index contributed by atoms with van der Waals surface area (Å²) in [4.78, 5) is 0. The molecule has 0 radical (unpaired) electrons. The van der Waals surface area contributed by atoms with Crippen molar-refractivity contribution in [2.45, 2.75) is 39.5 Å². The number of nitrogens with one attached hydrogen (secondary N) is 1. The Hall–Kier alpha value is -1.07. The second kappa shape index (κ2) is 5.92. The molecular formula is C14H24N2O2S. The van der Waals surface area contributed by atoms with Gasteiger partial charge in [0.15, 0.2) is 0 Å². The second-order valence-corrected chi connectivity index (χ2v) is 7.39. The van der Waals surface area contributed by atoms with E-state index in [1.165, 1.54) is 18.4 Å². The highest BCUT2D eigenvalue weighted by atomic mass is 32.2. The topological polar surface area (TPSA) is 49.4 Å². The Balaban J connectivity index is 3.38. The van der Waals surface area contributed by atoms with Crippen LogP contribution in [0, 0.1) is 0 Å². The lowest BCUT2D eigenvalue weighted by Crippen LogP contribution is -2.30. The molecule has 0 amide bonds. The minimum atomic E-state index is -3.48. The van der Waals surface area contributed by atoms with Crippen LogP contribution in [0.2, 0.25) is 0 Å². The molecule has 0 spiro atoms. The van der Waals surface area contributed by atoms with Gasteiger partial charge >= 0.3 is 10.2 Å². The fraction of sp³-hybridized carbons (Fsp3) is 0.571. The van der Waals surface area contributed by atoms with Crippen LogP contribution < -0.4 is 4.72 Å². The van der Waals surface area contributed by atoms with Crippen molar-refractivity contribution in [1.29, 1.82) is 0 Å². The molecule has 1 aromatic rings. The van der Waals surface area contributed by atoms with Gasteiger partial charge < -0.3 is 0 Å². The predicted molar refractivity (Wildman–Crippen MR) is 80.8 cm³/mol. The summed E-state index contributed by atoms with van der Waals surface area (Å²) >= 11 is 0. The zero-order chi connectivity index (χ0) is 14.8. The Morgan fingerprint density at radius 2 is 1.42 bits per heavy atom. The highest BCUT2D eigenvalue weighted by Crippen LogP contribution is 2.33. The van der Waals surface area contributed by atoms with Crippen LogP contribution in [-0.4, -0.2) is 26.8 Å². The van der Waals surface area contributed by atoms with E-state index in [1.807, 2.05) is 18.2 Å². The van der Waals surface area contributed by atoms with Crippen LogP contribution >= 0.6 is 0 Å². The van der Waals surface area contributed by atoms with Gasteiger partial charge in [-0.2, -0.15) is 12.7 Å². The van der Waals surface area contributed by atoms with E-state index in [2.05, 4.69) is 32.4 Å². The lowest BCUT2D eigenvalue weighted by molar-refractivity contribution is 0.526. The lowest BCUT2D eigenvalue weighted by Gasteiger charge is -2.22. The van der Waals surface area contributed by atoms with E-state index in [9.17, 15) is 8.42 Å². The smallest absolute Gasteiger partial charge is 0.270 e. The summed E-state index contributed by atoms with van der Waals surface area (Å²) in [7, 11) is -0.434. The first kappa shape index (κ1) is 16.0. The molecule has 0 bridgehead atoms. The van der Waals surface area contributed by atoms with Crippen molar-refractivity contribution in [2.24, 2.45) is 0 Å². The van der Waals surface area contributed by atoms with E-state index >= 15 is 0 Å². The molecular weight excluding hydrogens is 260 g/mol. The molecule has 4 nitrogen and oxygen atoms in total. The molecule has 5 heteroatoms. The molecule has 1 rings (SSSR count). The largest absolute Gasteiger partial charge is 0.301 e. The van der Waals surface area contributed by atoms with Crippen LogP contribution in [0.5, 0.6) is 0 Å². The summed E-state index contributed by atoms with van der Waals surface area (Å²) in [5, 5.41) is 0. The SMILES string of the molecule is CC(C)c1cccc(C(C)C)c1NS(=O)(=O)N(C)C. The van der Waals surface area contributed by atoms with Crippen molar-refractivity contribution in [1.82, 2.24) is 4.31 Å². The van der Waals surface area contributed by atoms with Gasteiger partial charge in [-0.25, -0.2) is 0 Å². The molecule has 0 saturated heterocycles. The monoisotopic (exact) mass is 284 g/mol. The molecule has 108 valence electrons. The van der Waals surface area contributed by atoms with E-state index in [0.29, 0.717) is 0 Å². The Kier molecular flexibility index (Phi) is 4.98. The standard InChI is InChI=1S/C14H24N2O2S/c1-10(2)12-8-7-9-13(11(3)4)14(12)15-19(17,18)16(5)6/h7-11,15H,1-6H3. The van der Waals surface area contributed by atoms with Gasteiger partial charge in [0.2, 0.25) is 0 Å². The molecule has 0 aliphatic rings. The second-order valence-electron chi connectivity index (χ2n) is 5.51. The molecule has 0 aromatic heterocycles. The zero-order valence-corrected chi connectivity index (χ0v) is 13.4. The van der Waals surface area contributed by atoms with Gasteiger partial charge in [0, 0.05) is 14.1 Å². The Morgan fingerprint density at radius 3 is 1.74 bits per heavy atom. The molecule has 1 aromatic carbocycles. The minimum absolute atomic E-state index is 0.263. The Morgan fingerprint density at radius 1 is 1.00 bits per heavy atom. The van der Waals surface area contributed by atoms with E-state index in [1.54, 1.807) is 0 Å². The number of para-hydroxylation sites is 1. The molecule has 0 aliphatic heterocycles. The highest BCUT2D eigenvalue weighted by molar-refractivity contribution is 7.90. The molecule has 0 heterocycles. The number of nitrogens with zero attached hydrogens (tertiary/aromatic N) is 1. The Labute approximate surface area is 117 Å². The van der Waals surface area contributed by atoms with Gasteiger partial charge in [0.25, 0.3) is 0 Å². The average molecular weight is 284 g/mol. The van der Waals surface area contributed by atoms with Crippen LogP contribution in [0.4, 0.5) is 5.69 Å². The number of hydrogen-bond donors (Lipinski definition) is 1. The van der Waals surface area contributed by atoms with E-state index in [4.69, 9.17) is 0 Å². The summed E-state index contributed by atoms with van der Waals surface area (Å²) in [6, 6.07) is 5.94. The van der Waals surface area contributed by atoms with Crippen molar-refractivity contribution < 1.29 is 8.42 Å². The highest BCUT2D eigenvalue weighted by Gasteiger charge is 2.20. The molecule has 0 saturated carbocycles. The predicted octanol–water partition coefficient (Wildman–Crippen LogP) is 3.15. The third-order valence-corrected chi connectivity index (χ3v) is 4.51. The first-order valence-corrected chi connectivity index (χ1v) is 7.94. The molecule has 0 aliphatic carbocycles. The van der Waals surface area contributed by atoms with Gasteiger partial charge in [-0.05, 0) is 23.0 Å². The minimum Gasteiger partial charge on any atom is -0.270 e. The Bertz CT molecular complexity index is 508. The fourth-order valence-electron chi connectivity index (χ4n) is 1.89. The van der Waals surface area contributed by atoms with E-state index in [-0.39, 0.29) is 11.8 Å². The first-order chi connectivity index (χ1) is 8.66. The van der Waals surface area contributed by atoms with Crippen molar-refractivity contribution >= 4 is 15.9 Å². The fourth-order valence-corrected chi connectivity index (χ4v) is 2.57. The van der Waals surface area contributed by atoms with Gasteiger partial charge in [0.1, 0.15) is 0 Å². The third kappa shape index (κ3) is 3.70. The summed E-state index contributed by atoms with van der Waals surface area (Å²) in [6.45, 7) is 8.25. The maximum absolute atomic E-state index is 12.1. The maximum Gasteiger partial charge on any atom is 0.301 e. The summed E-state index contributed by atoms with van der Waals surface area (Å²) in [5.41, 5.74) is 2.77. The first-order valence-electron chi connectivity index (χ1n) is 6.50. The van der Waals surface area contributed by atoms with Crippen LogP contribution in [-0.2, 0) is 10.2 Å². The third-order valence-electron chi connectivity index (χ3n) is 3.08. The summed E-state index contributed by atoms with van der Waals surface area (Å²) in [5.74, 6) is 0.525. The number of anilines is 1. The number of benzene rings is 1. The maximum atomic E-state index is 12.1. The van der Waals surface area contributed by atoms with Crippen LogP contribution in [0.25, 0.3) is 0 Å². The molecule has 0 fully saturated rings. The molecule has 0 atom stereocenters. The van der Waals surface area contributed by atoms with Gasteiger partial charge in [-0.3, -0.25) is 4.72 Å². The summed E-state index contributed by atoms with van der Waals surface area (Å²) < 4.78 is 28.0. The number of rotatable bonds is 5.